The van der Waals surface area contributed by atoms with Crippen molar-refractivity contribution in [1.29, 1.82) is 0 Å². The molecule has 16 heavy (non-hydrogen) atoms. The van der Waals surface area contributed by atoms with E-state index in [4.69, 9.17) is 5.73 Å². The van der Waals surface area contributed by atoms with E-state index in [1.807, 2.05) is 12.1 Å². The van der Waals surface area contributed by atoms with Crippen LogP contribution in [0.4, 0.5) is 14.5 Å². The Bertz CT molecular complexity index is 322. The molecular weight excluding hydrogens is 257 g/mol. The van der Waals surface area contributed by atoms with E-state index in [2.05, 4.69) is 0 Å². The molecule has 92 valence electrons. The summed E-state index contributed by atoms with van der Waals surface area (Å²) in [5, 5.41) is 0. The normalized spacial score (nSPS) is 17.9. The number of halogens is 4. The van der Waals surface area contributed by atoms with Crippen molar-refractivity contribution < 1.29 is 8.78 Å². The first kappa shape index (κ1) is 15.4. The molecule has 0 spiro atoms. The minimum Gasteiger partial charge on any atom is -0.399 e. The molecule has 0 saturated carbocycles. The Balaban J connectivity index is 0.00000112. The molecule has 1 aliphatic rings. The van der Waals surface area contributed by atoms with Gasteiger partial charge in [-0.25, -0.2) is 8.78 Å². The van der Waals surface area contributed by atoms with Crippen molar-refractivity contribution in [2.45, 2.75) is 12.5 Å². The van der Waals surface area contributed by atoms with Crippen molar-refractivity contribution in [2.75, 3.05) is 18.8 Å². The second-order valence-corrected chi connectivity index (χ2v) is 3.74. The molecule has 1 fully saturated rings. The maximum Gasteiger partial charge on any atom is 0.272 e. The Morgan fingerprint density at radius 2 is 1.62 bits per heavy atom. The van der Waals surface area contributed by atoms with Crippen LogP contribution < -0.4 is 5.73 Å². The molecule has 0 aliphatic carbocycles. The van der Waals surface area contributed by atoms with Gasteiger partial charge in [0.05, 0.1) is 13.1 Å². The average molecular weight is 271 g/mol. The summed E-state index contributed by atoms with van der Waals surface area (Å²) in [5.74, 6) is -2.48. The molecule has 0 radical (unpaired) electrons. The Hall–Kier alpha value is -0.580. The molecule has 2 nitrogen and oxygen atoms in total. The fourth-order valence-corrected chi connectivity index (χ4v) is 1.60. The predicted octanol–water partition coefficient (Wildman–Crippen LogP) is 2.56. The molecule has 2 rings (SSSR count). The van der Waals surface area contributed by atoms with Crippen molar-refractivity contribution >= 4 is 30.5 Å². The summed E-state index contributed by atoms with van der Waals surface area (Å²) in [5.41, 5.74) is 7.23. The predicted molar refractivity (Wildman–Crippen MR) is 65.6 cm³/mol. The summed E-state index contributed by atoms with van der Waals surface area (Å²) in [4.78, 5) is 1.71. The first-order chi connectivity index (χ1) is 6.55. The van der Waals surface area contributed by atoms with E-state index in [1.165, 1.54) is 0 Å². The van der Waals surface area contributed by atoms with Crippen molar-refractivity contribution in [2.24, 2.45) is 0 Å². The minimum absolute atomic E-state index is 0. The average Bonchev–Trinajstić information content (AvgIpc) is 2.06. The van der Waals surface area contributed by atoms with Gasteiger partial charge in [-0.15, -0.1) is 24.8 Å². The van der Waals surface area contributed by atoms with Crippen LogP contribution in [0.15, 0.2) is 24.3 Å². The minimum atomic E-state index is -2.48. The molecule has 2 N–H and O–H groups in total. The highest BCUT2D eigenvalue weighted by Gasteiger charge is 2.43. The van der Waals surface area contributed by atoms with Crippen LogP contribution in [0.5, 0.6) is 0 Å². The lowest BCUT2D eigenvalue weighted by Crippen LogP contribution is -2.55. The van der Waals surface area contributed by atoms with Crippen LogP contribution in [0.3, 0.4) is 0 Å². The number of hydrogen-bond acceptors (Lipinski definition) is 2. The molecule has 0 unspecified atom stereocenters. The van der Waals surface area contributed by atoms with Crippen LogP contribution in [-0.4, -0.2) is 23.9 Å². The van der Waals surface area contributed by atoms with Gasteiger partial charge in [0.2, 0.25) is 0 Å². The van der Waals surface area contributed by atoms with E-state index in [0.29, 0.717) is 12.2 Å². The summed E-state index contributed by atoms with van der Waals surface area (Å²) in [7, 11) is 0. The number of alkyl halides is 2. The highest BCUT2D eigenvalue weighted by atomic mass is 35.5. The van der Waals surface area contributed by atoms with Gasteiger partial charge in [0.25, 0.3) is 5.92 Å². The Labute approximate surface area is 106 Å². The zero-order valence-corrected chi connectivity index (χ0v) is 10.2. The van der Waals surface area contributed by atoms with Gasteiger partial charge in [-0.3, -0.25) is 4.90 Å². The van der Waals surface area contributed by atoms with E-state index in [-0.39, 0.29) is 37.9 Å². The van der Waals surface area contributed by atoms with Gasteiger partial charge in [0.1, 0.15) is 0 Å². The van der Waals surface area contributed by atoms with Gasteiger partial charge in [-0.1, -0.05) is 12.1 Å². The number of hydrogen-bond donors (Lipinski definition) is 1. The van der Waals surface area contributed by atoms with Gasteiger partial charge in [0.15, 0.2) is 0 Å². The quantitative estimate of drug-likeness (QED) is 0.838. The third kappa shape index (κ3) is 3.77. The van der Waals surface area contributed by atoms with Crippen molar-refractivity contribution in [3.63, 3.8) is 0 Å². The molecule has 0 atom stereocenters. The number of rotatable bonds is 2. The summed E-state index contributed by atoms with van der Waals surface area (Å²) in [6.45, 7) is 0.324. The molecular formula is C10H14Cl2F2N2. The van der Waals surface area contributed by atoms with E-state index >= 15 is 0 Å². The zero-order valence-electron chi connectivity index (χ0n) is 8.53. The van der Waals surface area contributed by atoms with Gasteiger partial charge in [-0.2, -0.15) is 0 Å². The van der Waals surface area contributed by atoms with E-state index in [1.54, 1.807) is 17.0 Å². The Morgan fingerprint density at radius 3 is 2.06 bits per heavy atom. The molecule has 1 aromatic rings. The molecule has 6 heteroatoms. The molecule has 0 aromatic heterocycles. The van der Waals surface area contributed by atoms with Crippen LogP contribution in [-0.2, 0) is 6.54 Å². The van der Waals surface area contributed by atoms with Gasteiger partial charge in [-0.05, 0) is 17.7 Å². The van der Waals surface area contributed by atoms with Gasteiger partial charge < -0.3 is 5.73 Å². The van der Waals surface area contributed by atoms with Gasteiger partial charge in [0, 0.05) is 12.2 Å². The summed E-state index contributed by atoms with van der Waals surface area (Å²) in [6, 6.07) is 7.30. The SMILES string of the molecule is Cl.Cl.Nc1ccc(CN2CC(F)(F)C2)cc1. The second kappa shape index (κ2) is 5.66. The van der Waals surface area contributed by atoms with Crippen LogP contribution >= 0.6 is 24.8 Å². The molecule has 1 aliphatic heterocycles. The largest absolute Gasteiger partial charge is 0.399 e. The highest BCUT2D eigenvalue weighted by Crippen LogP contribution is 2.27. The standard InChI is InChI=1S/C10H12F2N2.2ClH/c11-10(12)6-14(7-10)5-8-1-3-9(13)4-2-8;;/h1-4H,5-7,13H2;2*1H. The van der Waals surface area contributed by atoms with E-state index in [0.717, 1.165) is 5.56 Å². The number of nitrogens with zero attached hydrogens (tertiary/aromatic N) is 1. The molecule has 0 amide bonds. The van der Waals surface area contributed by atoms with Crippen LogP contribution in [0.2, 0.25) is 0 Å². The highest BCUT2D eigenvalue weighted by molar-refractivity contribution is 5.85. The van der Waals surface area contributed by atoms with Crippen molar-refractivity contribution in [3.8, 4) is 0 Å². The van der Waals surface area contributed by atoms with Crippen molar-refractivity contribution in [1.82, 2.24) is 4.90 Å². The van der Waals surface area contributed by atoms with Gasteiger partial charge >= 0.3 is 0 Å². The third-order valence-electron chi connectivity index (χ3n) is 2.30. The molecule has 1 heterocycles. The monoisotopic (exact) mass is 270 g/mol. The number of nitrogens with two attached hydrogens (primary N) is 1. The van der Waals surface area contributed by atoms with E-state index < -0.39 is 5.92 Å². The maximum absolute atomic E-state index is 12.5. The van der Waals surface area contributed by atoms with Crippen molar-refractivity contribution in [3.05, 3.63) is 29.8 Å². The smallest absolute Gasteiger partial charge is 0.272 e. The van der Waals surface area contributed by atoms with Crippen LogP contribution in [0.1, 0.15) is 5.56 Å². The molecule has 0 bridgehead atoms. The third-order valence-corrected chi connectivity index (χ3v) is 2.30. The lowest BCUT2D eigenvalue weighted by Gasteiger charge is -2.38. The fourth-order valence-electron chi connectivity index (χ4n) is 1.60. The Morgan fingerprint density at radius 1 is 1.12 bits per heavy atom. The Kier molecular flexibility index (Phi) is 5.46. The van der Waals surface area contributed by atoms with Crippen LogP contribution in [0, 0.1) is 0 Å². The zero-order chi connectivity index (χ0) is 10.2. The first-order valence-corrected chi connectivity index (χ1v) is 4.50. The summed E-state index contributed by atoms with van der Waals surface area (Å²) in [6.07, 6.45) is 0. The van der Waals surface area contributed by atoms with Crippen LogP contribution in [0.25, 0.3) is 0 Å². The van der Waals surface area contributed by atoms with E-state index in [9.17, 15) is 8.78 Å². The lowest BCUT2D eigenvalue weighted by atomic mass is 10.1. The fraction of sp³-hybridized carbons (Fsp3) is 0.400. The lowest BCUT2D eigenvalue weighted by molar-refractivity contribution is -0.133. The topological polar surface area (TPSA) is 29.3 Å². The molecule has 1 saturated heterocycles. The number of nitrogen functional groups attached to an aromatic ring is 1. The summed E-state index contributed by atoms with van der Waals surface area (Å²) >= 11 is 0. The number of likely N-dealkylation sites (tertiary alicyclic amines) is 1. The maximum atomic E-state index is 12.5. The summed E-state index contributed by atoms with van der Waals surface area (Å²) < 4.78 is 25.0. The molecule has 1 aromatic carbocycles. The number of benzene rings is 1. The second-order valence-electron chi connectivity index (χ2n) is 3.74. The number of anilines is 1. The first-order valence-electron chi connectivity index (χ1n) is 4.50.